The van der Waals surface area contributed by atoms with Crippen LogP contribution in [0.3, 0.4) is 0 Å². The molecule has 0 aliphatic rings. The van der Waals surface area contributed by atoms with Crippen molar-refractivity contribution in [3.63, 3.8) is 0 Å². The van der Waals surface area contributed by atoms with Gasteiger partial charge < -0.3 is 15.6 Å². The van der Waals surface area contributed by atoms with E-state index in [1.165, 1.54) is 19.2 Å². The molecule has 1 aromatic carbocycles. The predicted octanol–water partition coefficient (Wildman–Crippen LogP) is 1.03. The molecule has 2 unspecified atom stereocenters. The van der Waals surface area contributed by atoms with Crippen LogP contribution in [0.1, 0.15) is 18.4 Å². The van der Waals surface area contributed by atoms with Crippen LogP contribution in [0.5, 0.6) is 5.75 Å². The monoisotopic (exact) mass is 241 g/mol. The van der Waals surface area contributed by atoms with Crippen LogP contribution >= 0.6 is 0 Å². The van der Waals surface area contributed by atoms with Gasteiger partial charge in [0.25, 0.3) is 0 Å². The van der Waals surface area contributed by atoms with Crippen molar-refractivity contribution in [2.45, 2.75) is 12.8 Å². The molecule has 0 aliphatic heterocycles. The highest BCUT2D eigenvalue weighted by Crippen LogP contribution is 2.28. The molecule has 0 saturated heterocycles. The van der Waals surface area contributed by atoms with Crippen LogP contribution in [0.4, 0.5) is 4.39 Å². The van der Waals surface area contributed by atoms with Gasteiger partial charge in [0.15, 0.2) is 0 Å². The minimum absolute atomic E-state index is 0.281. The lowest BCUT2D eigenvalue weighted by Gasteiger charge is -2.20. The Morgan fingerprint density at radius 2 is 2.18 bits per heavy atom. The van der Waals surface area contributed by atoms with E-state index in [1.807, 2.05) is 0 Å². The maximum atomic E-state index is 13.3. The molecule has 0 fully saturated rings. The molecule has 94 valence electrons. The molecule has 0 heterocycles. The minimum Gasteiger partial charge on any atom is -0.497 e. The number of carbonyl (C=O) groups excluding carboxylic acids is 1. The Morgan fingerprint density at radius 3 is 2.65 bits per heavy atom. The number of amides is 1. The van der Waals surface area contributed by atoms with E-state index in [1.54, 1.807) is 13.0 Å². The van der Waals surface area contributed by atoms with Gasteiger partial charge >= 0.3 is 0 Å². The van der Waals surface area contributed by atoms with Crippen LogP contribution in [0.25, 0.3) is 0 Å². The second kappa shape index (κ2) is 5.63. The third kappa shape index (κ3) is 3.17. The third-order valence-corrected chi connectivity index (χ3v) is 2.81. The average molecular weight is 241 g/mol. The summed E-state index contributed by atoms with van der Waals surface area (Å²) in [6, 6.07) is 4.08. The zero-order chi connectivity index (χ0) is 13.0. The Balaban J connectivity index is 3.11. The first kappa shape index (κ1) is 13.4. The summed E-state index contributed by atoms with van der Waals surface area (Å²) in [5, 5.41) is 9.28. The van der Waals surface area contributed by atoms with Crippen molar-refractivity contribution >= 4 is 5.91 Å². The average Bonchev–Trinajstić information content (AvgIpc) is 2.28. The molecule has 3 N–H and O–H groups in total. The van der Waals surface area contributed by atoms with Crippen LogP contribution in [-0.2, 0) is 4.79 Å². The first-order valence-electron chi connectivity index (χ1n) is 5.24. The summed E-state index contributed by atoms with van der Waals surface area (Å²) in [6.07, 6.45) is 0. The Hall–Kier alpha value is -1.62. The van der Waals surface area contributed by atoms with Crippen molar-refractivity contribution in [1.29, 1.82) is 0 Å². The van der Waals surface area contributed by atoms with Crippen molar-refractivity contribution < 1.29 is 19.0 Å². The number of aliphatic hydroxyl groups is 1. The number of aliphatic hydroxyl groups excluding tert-OH is 1. The van der Waals surface area contributed by atoms with E-state index in [0.29, 0.717) is 11.3 Å². The maximum Gasteiger partial charge on any atom is 0.220 e. The molecule has 1 amide bonds. The number of rotatable bonds is 5. The van der Waals surface area contributed by atoms with E-state index >= 15 is 0 Å². The van der Waals surface area contributed by atoms with E-state index in [9.17, 15) is 14.3 Å². The highest BCUT2D eigenvalue weighted by Gasteiger charge is 2.24. The van der Waals surface area contributed by atoms with E-state index in [0.717, 1.165) is 0 Å². The van der Waals surface area contributed by atoms with Gasteiger partial charge in [0.2, 0.25) is 5.91 Å². The lowest BCUT2D eigenvalue weighted by molar-refractivity contribution is -0.122. The summed E-state index contributed by atoms with van der Waals surface area (Å²) in [5.41, 5.74) is 5.68. The summed E-state index contributed by atoms with van der Waals surface area (Å²) in [4.78, 5) is 11.1. The summed E-state index contributed by atoms with van der Waals surface area (Å²) in [5.74, 6) is -1.78. The molecule has 17 heavy (non-hydrogen) atoms. The second-order valence-corrected chi connectivity index (χ2v) is 3.90. The number of methoxy groups -OCH3 is 1. The smallest absolute Gasteiger partial charge is 0.220 e. The molecule has 0 saturated carbocycles. The maximum absolute atomic E-state index is 13.3. The fraction of sp³-hybridized carbons (Fsp3) is 0.417. The highest BCUT2D eigenvalue weighted by atomic mass is 19.1. The number of nitrogens with two attached hydrogens (primary N) is 1. The SMILES string of the molecule is COc1cc(F)cc(C(CO)C(C)C(N)=O)c1. The number of hydrogen-bond donors (Lipinski definition) is 2. The fourth-order valence-electron chi connectivity index (χ4n) is 1.67. The van der Waals surface area contributed by atoms with Crippen LogP contribution in [0, 0.1) is 11.7 Å². The van der Waals surface area contributed by atoms with E-state index in [4.69, 9.17) is 10.5 Å². The number of primary amides is 1. The zero-order valence-corrected chi connectivity index (χ0v) is 9.81. The summed E-state index contributed by atoms with van der Waals surface area (Å²) in [6.45, 7) is 1.32. The van der Waals surface area contributed by atoms with Crippen molar-refractivity contribution in [3.05, 3.63) is 29.6 Å². The molecule has 1 aromatic rings. The normalized spacial score (nSPS) is 14.1. The largest absolute Gasteiger partial charge is 0.497 e. The molecule has 1 rings (SSSR count). The first-order chi connectivity index (χ1) is 7.99. The van der Waals surface area contributed by atoms with Crippen molar-refractivity contribution in [2.24, 2.45) is 11.7 Å². The second-order valence-electron chi connectivity index (χ2n) is 3.90. The Morgan fingerprint density at radius 1 is 1.53 bits per heavy atom. The lowest BCUT2D eigenvalue weighted by Crippen LogP contribution is -2.28. The van der Waals surface area contributed by atoms with Crippen molar-refractivity contribution in [1.82, 2.24) is 0 Å². The van der Waals surface area contributed by atoms with Gasteiger partial charge in [-0.3, -0.25) is 4.79 Å². The molecular weight excluding hydrogens is 225 g/mol. The van der Waals surface area contributed by atoms with Gasteiger partial charge in [0.05, 0.1) is 13.7 Å². The molecule has 4 nitrogen and oxygen atoms in total. The molecule has 0 spiro atoms. The van der Waals surface area contributed by atoms with Gasteiger partial charge in [-0.05, 0) is 17.7 Å². The predicted molar refractivity (Wildman–Crippen MR) is 61.1 cm³/mol. The van der Waals surface area contributed by atoms with Gasteiger partial charge in [-0.15, -0.1) is 0 Å². The number of halogens is 1. The van der Waals surface area contributed by atoms with E-state index in [2.05, 4.69) is 0 Å². The zero-order valence-electron chi connectivity index (χ0n) is 9.81. The lowest BCUT2D eigenvalue weighted by atomic mass is 9.87. The van der Waals surface area contributed by atoms with Gasteiger partial charge in [0, 0.05) is 17.9 Å². The van der Waals surface area contributed by atoms with Crippen LogP contribution in [0.15, 0.2) is 18.2 Å². The van der Waals surface area contributed by atoms with E-state index in [-0.39, 0.29) is 6.61 Å². The minimum atomic E-state index is -0.577. The fourth-order valence-corrected chi connectivity index (χ4v) is 1.67. The van der Waals surface area contributed by atoms with Gasteiger partial charge in [-0.2, -0.15) is 0 Å². The van der Waals surface area contributed by atoms with Crippen LogP contribution in [0.2, 0.25) is 0 Å². The Bertz CT molecular complexity index is 409. The molecule has 0 radical (unpaired) electrons. The summed E-state index contributed by atoms with van der Waals surface area (Å²) >= 11 is 0. The topological polar surface area (TPSA) is 72.6 Å². The van der Waals surface area contributed by atoms with Crippen LogP contribution < -0.4 is 10.5 Å². The molecular formula is C12H16FNO3. The van der Waals surface area contributed by atoms with Gasteiger partial charge in [-0.25, -0.2) is 4.39 Å². The standard InChI is InChI=1S/C12H16FNO3/c1-7(12(14)16)11(6-15)8-3-9(13)5-10(4-8)17-2/h3-5,7,11,15H,6H2,1-2H3,(H2,14,16). The number of hydrogen-bond acceptors (Lipinski definition) is 3. The van der Waals surface area contributed by atoms with Crippen molar-refractivity contribution in [3.8, 4) is 5.75 Å². The number of ether oxygens (including phenoxy) is 1. The highest BCUT2D eigenvalue weighted by molar-refractivity contribution is 5.77. The number of carbonyl (C=O) groups is 1. The van der Waals surface area contributed by atoms with E-state index < -0.39 is 23.6 Å². The van der Waals surface area contributed by atoms with Crippen LogP contribution in [-0.4, -0.2) is 24.7 Å². The molecule has 0 bridgehead atoms. The Kier molecular flexibility index (Phi) is 4.45. The molecule has 0 aromatic heterocycles. The van der Waals surface area contributed by atoms with Crippen molar-refractivity contribution in [2.75, 3.05) is 13.7 Å². The molecule has 0 aliphatic carbocycles. The van der Waals surface area contributed by atoms with Gasteiger partial charge in [0.1, 0.15) is 11.6 Å². The van der Waals surface area contributed by atoms with Gasteiger partial charge in [-0.1, -0.05) is 6.92 Å². The summed E-state index contributed by atoms with van der Waals surface area (Å²) in [7, 11) is 1.42. The number of benzene rings is 1. The third-order valence-electron chi connectivity index (χ3n) is 2.81. The first-order valence-corrected chi connectivity index (χ1v) is 5.24. The quantitative estimate of drug-likeness (QED) is 0.808. The molecule has 5 heteroatoms. The molecule has 2 atom stereocenters. The Labute approximate surface area is 99.2 Å². The summed E-state index contributed by atoms with van der Waals surface area (Å²) < 4.78 is 18.2.